The van der Waals surface area contributed by atoms with E-state index in [-0.39, 0.29) is 11.8 Å². The van der Waals surface area contributed by atoms with Gasteiger partial charge in [0.2, 0.25) is 5.91 Å². The molecule has 1 rings (SSSR count). The summed E-state index contributed by atoms with van der Waals surface area (Å²) >= 11 is 1.74. The normalized spacial score (nSPS) is 12.8. The molecule has 1 amide bonds. The van der Waals surface area contributed by atoms with Crippen molar-refractivity contribution in [1.82, 2.24) is 10.3 Å². The molecule has 0 aromatic carbocycles. The number of nitrogens with one attached hydrogen (secondary N) is 1. The van der Waals surface area contributed by atoms with E-state index in [1.807, 2.05) is 13.0 Å². The smallest absolute Gasteiger partial charge is 0.237 e. The van der Waals surface area contributed by atoms with Gasteiger partial charge in [-0.3, -0.25) is 15.1 Å². The third-order valence-electron chi connectivity index (χ3n) is 2.53. The van der Waals surface area contributed by atoms with Gasteiger partial charge in [0.1, 0.15) is 0 Å². The molecule has 0 fully saturated rings. The molecule has 16 heavy (non-hydrogen) atoms. The topological polar surface area (TPSA) is 58.4 Å². The lowest BCUT2D eigenvalue weighted by molar-refractivity contribution is -0.125. The Kier molecular flexibility index (Phi) is 5.45. The van der Waals surface area contributed by atoms with Crippen molar-refractivity contribution in [3.63, 3.8) is 0 Å². The van der Waals surface area contributed by atoms with Gasteiger partial charge in [0, 0.05) is 23.9 Å². The van der Waals surface area contributed by atoms with Crippen LogP contribution < -0.4 is 11.3 Å². The number of carbonyl (C=O) groups excluding carboxylic acids is 1. The van der Waals surface area contributed by atoms with Gasteiger partial charge in [0.15, 0.2) is 0 Å². The Morgan fingerprint density at radius 1 is 1.69 bits per heavy atom. The second kappa shape index (κ2) is 6.62. The molecule has 0 aliphatic heterocycles. The van der Waals surface area contributed by atoms with Crippen LogP contribution in [0.2, 0.25) is 0 Å². The average molecular weight is 241 g/mol. The lowest BCUT2D eigenvalue weighted by Crippen LogP contribution is -2.40. The summed E-state index contributed by atoms with van der Waals surface area (Å²) in [6.45, 7) is 6.55. The number of hydrogen-bond donors (Lipinski definition) is 2. The maximum Gasteiger partial charge on any atom is 0.237 e. The SMILES string of the molecule is CCN(Cc1cccs1)CC(C)C(=O)NN. The minimum atomic E-state index is -0.107. The van der Waals surface area contributed by atoms with Gasteiger partial charge < -0.3 is 0 Å². The van der Waals surface area contributed by atoms with E-state index in [2.05, 4.69) is 28.7 Å². The summed E-state index contributed by atoms with van der Waals surface area (Å²) in [7, 11) is 0. The van der Waals surface area contributed by atoms with Crippen molar-refractivity contribution in [2.75, 3.05) is 13.1 Å². The zero-order valence-corrected chi connectivity index (χ0v) is 10.6. The first kappa shape index (κ1) is 13.2. The number of hydrogen-bond acceptors (Lipinski definition) is 4. The van der Waals surface area contributed by atoms with Crippen molar-refractivity contribution in [2.24, 2.45) is 11.8 Å². The molecule has 0 bridgehead atoms. The molecule has 0 aliphatic carbocycles. The molecule has 5 heteroatoms. The molecular formula is C11H19N3OS. The van der Waals surface area contributed by atoms with Crippen molar-refractivity contribution in [3.8, 4) is 0 Å². The third kappa shape index (κ3) is 3.92. The highest BCUT2D eigenvalue weighted by Gasteiger charge is 2.15. The highest BCUT2D eigenvalue weighted by Crippen LogP contribution is 2.12. The Balaban J connectivity index is 2.46. The minimum Gasteiger partial charge on any atom is -0.298 e. The molecule has 0 radical (unpaired) electrons. The van der Waals surface area contributed by atoms with Crippen molar-refractivity contribution >= 4 is 17.2 Å². The van der Waals surface area contributed by atoms with Crippen LogP contribution in [0.5, 0.6) is 0 Å². The van der Waals surface area contributed by atoms with Crippen LogP contribution >= 0.6 is 11.3 Å². The predicted molar refractivity (Wildman–Crippen MR) is 66.8 cm³/mol. The summed E-state index contributed by atoms with van der Waals surface area (Å²) in [5, 5.41) is 2.07. The predicted octanol–water partition coefficient (Wildman–Crippen LogP) is 1.20. The maximum atomic E-state index is 11.3. The van der Waals surface area contributed by atoms with E-state index < -0.39 is 0 Å². The Morgan fingerprint density at radius 2 is 2.44 bits per heavy atom. The molecule has 0 aliphatic rings. The second-order valence-corrected chi connectivity index (χ2v) is 4.85. The summed E-state index contributed by atoms with van der Waals surface area (Å²) in [4.78, 5) is 14.9. The maximum absolute atomic E-state index is 11.3. The molecule has 1 aromatic heterocycles. The lowest BCUT2D eigenvalue weighted by Gasteiger charge is -2.22. The Hall–Kier alpha value is -0.910. The standard InChI is InChI=1S/C11H19N3OS/c1-3-14(7-9(2)11(15)13-12)8-10-5-4-6-16-10/h4-6,9H,3,7-8,12H2,1-2H3,(H,13,15). The van der Waals surface area contributed by atoms with Crippen LogP contribution in [0.25, 0.3) is 0 Å². The number of nitrogens with two attached hydrogens (primary N) is 1. The van der Waals surface area contributed by atoms with Gasteiger partial charge in [-0.2, -0.15) is 0 Å². The average Bonchev–Trinajstić information content (AvgIpc) is 2.79. The van der Waals surface area contributed by atoms with Gasteiger partial charge in [-0.15, -0.1) is 11.3 Å². The molecule has 3 N–H and O–H groups in total. The Bertz CT molecular complexity index is 313. The van der Waals surface area contributed by atoms with Crippen LogP contribution in [0, 0.1) is 5.92 Å². The van der Waals surface area contributed by atoms with Gasteiger partial charge in [-0.1, -0.05) is 19.9 Å². The van der Waals surface area contributed by atoms with Crippen LogP contribution in [0.3, 0.4) is 0 Å². The van der Waals surface area contributed by atoms with E-state index in [0.717, 1.165) is 19.6 Å². The third-order valence-corrected chi connectivity index (χ3v) is 3.39. The summed E-state index contributed by atoms with van der Waals surface area (Å²) < 4.78 is 0. The zero-order valence-electron chi connectivity index (χ0n) is 9.77. The zero-order chi connectivity index (χ0) is 12.0. The molecule has 0 saturated heterocycles. The van der Waals surface area contributed by atoms with Crippen molar-refractivity contribution in [1.29, 1.82) is 0 Å². The largest absolute Gasteiger partial charge is 0.298 e. The lowest BCUT2D eigenvalue weighted by atomic mass is 10.1. The van der Waals surface area contributed by atoms with Crippen molar-refractivity contribution in [2.45, 2.75) is 20.4 Å². The van der Waals surface area contributed by atoms with Crippen LogP contribution in [-0.4, -0.2) is 23.9 Å². The van der Waals surface area contributed by atoms with E-state index in [1.54, 1.807) is 11.3 Å². The summed E-state index contributed by atoms with van der Waals surface area (Å²) in [5.74, 6) is 4.92. The number of thiophene rings is 1. The molecule has 1 heterocycles. The van der Waals surface area contributed by atoms with Gasteiger partial charge in [0.25, 0.3) is 0 Å². The molecule has 1 atom stereocenters. The highest BCUT2D eigenvalue weighted by molar-refractivity contribution is 7.09. The number of hydrazine groups is 1. The van der Waals surface area contributed by atoms with E-state index in [0.29, 0.717) is 0 Å². The van der Waals surface area contributed by atoms with Crippen LogP contribution in [0.15, 0.2) is 17.5 Å². The molecule has 4 nitrogen and oxygen atoms in total. The van der Waals surface area contributed by atoms with Crippen LogP contribution in [0.1, 0.15) is 18.7 Å². The second-order valence-electron chi connectivity index (χ2n) is 3.82. The van der Waals surface area contributed by atoms with E-state index in [1.165, 1.54) is 4.88 Å². The Labute approximate surface area is 100 Å². The highest BCUT2D eigenvalue weighted by atomic mass is 32.1. The van der Waals surface area contributed by atoms with Gasteiger partial charge in [-0.05, 0) is 18.0 Å². The summed E-state index contributed by atoms with van der Waals surface area (Å²) in [6.07, 6.45) is 0. The van der Waals surface area contributed by atoms with Crippen LogP contribution in [0.4, 0.5) is 0 Å². The first-order valence-corrected chi connectivity index (χ1v) is 6.30. The monoisotopic (exact) mass is 241 g/mol. The number of rotatable bonds is 6. The van der Waals surface area contributed by atoms with Gasteiger partial charge in [-0.25, -0.2) is 5.84 Å². The van der Waals surface area contributed by atoms with Crippen molar-refractivity contribution < 1.29 is 4.79 Å². The summed E-state index contributed by atoms with van der Waals surface area (Å²) in [6, 6.07) is 4.16. The molecule has 90 valence electrons. The fourth-order valence-electron chi connectivity index (χ4n) is 1.54. The number of nitrogens with zero attached hydrogens (tertiary/aromatic N) is 1. The quantitative estimate of drug-likeness (QED) is 0.447. The number of amides is 1. The fraction of sp³-hybridized carbons (Fsp3) is 0.545. The first-order chi connectivity index (χ1) is 7.67. The molecule has 0 spiro atoms. The summed E-state index contributed by atoms with van der Waals surface area (Å²) in [5.41, 5.74) is 2.19. The first-order valence-electron chi connectivity index (χ1n) is 5.42. The van der Waals surface area contributed by atoms with E-state index in [4.69, 9.17) is 5.84 Å². The van der Waals surface area contributed by atoms with E-state index in [9.17, 15) is 4.79 Å². The van der Waals surface area contributed by atoms with Crippen LogP contribution in [-0.2, 0) is 11.3 Å². The Morgan fingerprint density at radius 3 is 2.94 bits per heavy atom. The van der Waals surface area contributed by atoms with Gasteiger partial charge >= 0.3 is 0 Å². The minimum absolute atomic E-state index is 0.0788. The molecule has 0 saturated carbocycles. The molecular weight excluding hydrogens is 222 g/mol. The van der Waals surface area contributed by atoms with Crippen molar-refractivity contribution in [3.05, 3.63) is 22.4 Å². The molecule has 1 aromatic rings. The number of carbonyl (C=O) groups is 1. The van der Waals surface area contributed by atoms with Gasteiger partial charge in [0.05, 0.1) is 0 Å². The fourth-order valence-corrected chi connectivity index (χ4v) is 2.29. The molecule has 1 unspecified atom stereocenters. The van der Waals surface area contributed by atoms with E-state index >= 15 is 0 Å².